The Morgan fingerprint density at radius 2 is 2.15 bits per heavy atom. The van der Waals surface area contributed by atoms with Gasteiger partial charge in [-0.25, -0.2) is 17.2 Å². The molecule has 1 aliphatic heterocycles. The molecule has 27 heavy (non-hydrogen) atoms. The molecule has 1 aliphatic rings. The smallest absolute Gasteiger partial charge is 0.266 e. The lowest BCUT2D eigenvalue weighted by molar-refractivity contribution is -0.122. The first-order valence-electron chi connectivity index (χ1n) is 8.19. The molecule has 1 fully saturated rings. The maximum absolute atomic E-state index is 14.2. The summed E-state index contributed by atoms with van der Waals surface area (Å²) in [5, 5.41) is 0. The van der Waals surface area contributed by atoms with E-state index < -0.39 is 33.6 Å². The molecular formula is C17H17F2N3O3S2. The van der Waals surface area contributed by atoms with Crippen molar-refractivity contribution in [1.29, 1.82) is 0 Å². The number of thiazole rings is 1. The minimum Gasteiger partial charge on any atom is -0.302 e. The minimum absolute atomic E-state index is 0.0604. The number of nitrogens with zero attached hydrogens (tertiary/aromatic N) is 3. The van der Waals surface area contributed by atoms with Gasteiger partial charge in [-0.2, -0.15) is 9.30 Å². The van der Waals surface area contributed by atoms with Crippen molar-refractivity contribution in [2.75, 3.05) is 12.8 Å². The van der Waals surface area contributed by atoms with Gasteiger partial charge in [0.05, 0.1) is 23.0 Å². The predicted molar refractivity (Wildman–Crippen MR) is 98.3 cm³/mol. The number of sulfonamides is 1. The topological polar surface area (TPSA) is 71.7 Å². The highest BCUT2D eigenvalue weighted by Gasteiger charge is 2.34. The number of amides is 1. The molecule has 1 aromatic heterocycles. The van der Waals surface area contributed by atoms with Gasteiger partial charge in [-0.3, -0.25) is 4.79 Å². The number of terminal acetylenes is 1. The number of piperidine rings is 1. The van der Waals surface area contributed by atoms with Crippen LogP contribution in [0.5, 0.6) is 0 Å². The third-order valence-corrected chi connectivity index (χ3v) is 6.63. The molecule has 10 heteroatoms. The number of carbonyl (C=O) groups excluding carboxylic acids is 1. The molecule has 1 aromatic carbocycles. The van der Waals surface area contributed by atoms with Gasteiger partial charge >= 0.3 is 0 Å². The van der Waals surface area contributed by atoms with Crippen LogP contribution in [0.2, 0.25) is 0 Å². The van der Waals surface area contributed by atoms with Crippen molar-refractivity contribution < 1.29 is 22.0 Å². The minimum atomic E-state index is -3.56. The van der Waals surface area contributed by atoms with Gasteiger partial charge in [0, 0.05) is 12.6 Å². The SMILES string of the molecule is C#CCn1c(=NC(=O)C2CCCCN2S(C)(=O)=O)sc2cc(F)cc(F)c21. The van der Waals surface area contributed by atoms with Gasteiger partial charge in [0.15, 0.2) is 10.6 Å². The summed E-state index contributed by atoms with van der Waals surface area (Å²) in [5.41, 5.74) is 0.0644. The average molecular weight is 413 g/mol. The Morgan fingerprint density at radius 1 is 1.41 bits per heavy atom. The van der Waals surface area contributed by atoms with E-state index in [1.54, 1.807) is 0 Å². The van der Waals surface area contributed by atoms with Crippen LogP contribution >= 0.6 is 11.3 Å². The first-order valence-corrected chi connectivity index (χ1v) is 10.9. The van der Waals surface area contributed by atoms with Crippen LogP contribution < -0.4 is 4.80 Å². The third kappa shape index (κ3) is 3.95. The van der Waals surface area contributed by atoms with Gasteiger partial charge in [0.25, 0.3) is 5.91 Å². The summed E-state index contributed by atoms with van der Waals surface area (Å²) >= 11 is 0.925. The standard InChI is InChI=1S/C17H17F2N3O3S2/c1-3-7-21-15-12(19)9-11(18)10-14(15)26-17(21)20-16(23)13-6-4-5-8-22(13)27(2,24)25/h1,9-10,13H,4-8H2,2H3. The fourth-order valence-corrected chi connectivity index (χ4v) is 5.36. The van der Waals surface area contributed by atoms with Gasteiger partial charge in [-0.05, 0) is 18.9 Å². The first-order chi connectivity index (χ1) is 12.7. The van der Waals surface area contributed by atoms with Crippen LogP contribution in [0.3, 0.4) is 0 Å². The highest BCUT2D eigenvalue weighted by molar-refractivity contribution is 7.88. The molecule has 2 heterocycles. The predicted octanol–water partition coefficient (Wildman–Crippen LogP) is 1.86. The molecule has 1 unspecified atom stereocenters. The summed E-state index contributed by atoms with van der Waals surface area (Å²) < 4.78 is 54.4. The Hall–Kier alpha value is -2.09. The lowest BCUT2D eigenvalue weighted by Gasteiger charge is -2.31. The monoisotopic (exact) mass is 413 g/mol. The second-order valence-corrected chi connectivity index (χ2v) is 9.19. The molecular weight excluding hydrogens is 396 g/mol. The molecule has 0 spiro atoms. The number of halogens is 2. The summed E-state index contributed by atoms with van der Waals surface area (Å²) in [6.07, 6.45) is 8.12. The Bertz CT molecular complexity index is 1110. The second-order valence-electron chi connectivity index (χ2n) is 6.24. The molecule has 144 valence electrons. The molecule has 1 saturated heterocycles. The number of aromatic nitrogens is 1. The van der Waals surface area contributed by atoms with Crippen LogP contribution in [0.4, 0.5) is 8.78 Å². The van der Waals surface area contributed by atoms with E-state index in [1.807, 2.05) is 0 Å². The van der Waals surface area contributed by atoms with Gasteiger partial charge < -0.3 is 4.57 Å². The summed E-state index contributed by atoms with van der Waals surface area (Å²) in [5.74, 6) is 0.169. The van der Waals surface area contributed by atoms with Crippen molar-refractivity contribution in [3.8, 4) is 12.3 Å². The molecule has 1 atom stereocenters. The number of carbonyl (C=O) groups is 1. The van der Waals surface area contributed by atoms with E-state index in [0.29, 0.717) is 19.3 Å². The molecule has 0 bridgehead atoms. The number of rotatable bonds is 3. The van der Waals surface area contributed by atoms with Gasteiger partial charge in [-0.1, -0.05) is 23.7 Å². The molecule has 2 aromatic rings. The van der Waals surface area contributed by atoms with E-state index in [9.17, 15) is 22.0 Å². The molecule has 0 aliphatic carbocycles. The largest absolute Gasteiger partial charge is 0.302 e. The van der Waals surface area contributed by atoms with Crippen molar-refractivity contribution in [3.05, 3.63) is 28.6 Å². The van der Waals surface area contributed by atoms with Crippen LogP contribution in [-0.4, -0.2) is 42.0 Å². The number of hydrogen-bond donors (Lipinski definition) is 0. The van der Waals surface area contributed by atoms with E-state index >= 15 is 0 Å². The van der Waals surface area contributed by atoms with E-state index in [2.05, 4.69) is 10.9 Å². The number of fused-ring (bicyclic) bond motifs is 1. The Morgan fingerprint density at radius 3 is 2.81 bits per heavy atom. The first kappa shape index (κ1) is 19.7. The van der Waals surface area contributed by atoms with Gasteiger partial charge in [0.1, 0.15) is 11.9 Å². The number of benzene rings is 1. The lowest BCUT2D eigenvalue weighted by atomic mass is 10.0. The van der Waals surface area contributed by atoms with Crippen molar-refractivity contribution in [3.63, 3.8) is 0 Å². The van der Waals surface area contributed by atoms with E-state index in [1.165, 1.54) is 4.57 Å². The summed E-state index contributed by atoms with van der Waals surface area (Å²) in [6.45, 7) is 0.191. The van der Waals surface area contributed by atoms with Crippen LogP contribution in [-0.2, 0) is 21.4 Å². The van der Waals surface area contributed by atoms with E-state index in [-0.39, 0.29) is 28.1 Å². The fourth-order valence-electron chi connectivity index (χ4n) is 3.17. The Kier molecular flexibility index (Phi) is 5.46. The quantitative estimate of drug-likeness (QED) is 0.721. The van der Waals surface area contributed by atoms with Crippen molar-refractivity contribution >= 4 is 37.5 Å². The second kappa shape index (κ2) is 7.50. The summed E-state index contributed by atoms with van der Waals surface area (Å²) in [4.78, 5) is 16.8. The van der Waals surface area contributed by atoms with Crippen molar-refractivity contribution in [2.24, 2.45) is 4.99 Å². The molecule has 0 saturated carbocycles. The molecule has 6 nitrogen and oxygen atoms in total. The van der Waals surface area contributed by atoms with Crippen LogP contribution in [0.25, 0.3) is 10.2 Å². The van der Waals surface area contributed by atoms with Crippen LogP contribution in [0.1, 0.15) is 19.3 Å². The van der Waals surface area contributed by atoms with Gasteiger partial charge in [0.2, 0.25) is 10.0 Å². The summed E-state index contributed by atoms with van der Waals surface area (Å²) in [7, 11) is -3.56. The normalized spacial score (nSPS) is 19.3. The van der Waals surface area contributed by atoms with Gasteiger partial charge in [-0.15, -0.1) is 6.42 Å². The molecule has 0 N–H and O–H groups in total. The highest BCUT2D eigenvalue weighted by atomic mass is 32.2. The highest BCUT2D eigenvalue weighted by Crippen LogP contribution is 2.23. The zero-order chi connectivity index (χ0) is 19.8. The maximum Gasteiger partial charge on any atom is 0.266 e. The lowest BCUT2D eigenvalue weighted by Crippen LogP contribution is -2.47. The third-order valence-electron chi connectivity index (χ3n) is 4.32. The van der Waals surface area contributed by atoms with E-state index in [4.69, 9.17) is 6.42 Å². The van der Waals surface area contributed by atoms with Crippen LogP contribution in [0.15, 0.2) is 17.1 Å². The molecule has 3 rings (SSSR count). The Balaban J connectivity index is 2.12. The molecule has 0 radical (unpaired) electrons. The number of hydrogen-bond acceptors (Lipinski definition) is 4. The van der Waals surface area contributed by atoms with Crippen molar-refractivity contribution in [2.45, 2.75) is 31.8 Å². The summed E-state index contributed by atoms with van der Waals surface area (Å²) in [6, 6.07) is 0.975. The zero-order valence-electron chi connectivity index (χ0n) is 14.5. The van der Waals surface area contributed by atoms with Crippen molar-refractivity contribution in [1.82, 2.24) is 8.87 Å². The molecule has 1 amide bonds. The Labute approximate surface area is 159 Å². The fraction of sp³-hybridized carbons (Fsp3) is 0.412. The average Bonchev–Trinajstić information content (AvgIpc) is 2.91. The zero-order valence-corrected chi connectivity index (χ0v) is 16.1. The van der Waals surface area contributed by atoms with E-state index in [0.717, 1.165) is 34.0 Å². The van der Waals surface area contributed by atoms with Crippen LogP contribution in [0, 0.1) is 24.0 Å². The maximum atomic E-state index is 14.2.